The van der Waals surface area contributed by atoms with Crippen LogP contribution in [0.25, 0.3) is 21.1 Å². The summed E-state index contributed by atoms with van der Waals surface area (Å²) < 4.78 is 1.29. The van der Waals surface area contributed by atoms with E-state index >= 15 is 0 Å². The van der Waals surface area contributed by atoms with E-state index in [2.05, 4.69) is 30.1 Å². The average molecular weight is 242 g/mol. The monoisotopic (exact) mass is 242 g/mol. The molecular weight excluding hydrogens is 228 g/mol. The zero-order valence-electron chi connectivity index (χ0n) is 10.0. The van der Waals surface area contributed by atoms with Crippen LogP contribution in [0.15, 0.2) is 24.3 Å². The summed E-state index contributed by atoms with van der Waals surface area (Å²) in [5.74, 6) is 0. The van der Waals surface area contributed by atoms with E-state index < -0.39 is 0 Å². The zero-order chi connectivity index (χ0) is 11.8. The Morgan fingerprint density at radius 2 is 2.00 bits per heavy atom. The van der Waals surface area contributed by atoms with E-state index in [1.165, 1.54) is 15.1 Å². The third-order valence-electron chi connectivity index (χ3n) is 2.91. The second-order valence-corrected chi connectivity index (χ2v) is 5.33. The maximum Gasteiger partial charge on any atom is 0.103 e. The Morgan fingerprint density at radius 1 is 1.18 bits per heavy atom. The number of para-hydroxylation sites is 1. The maximum absolute atomic E-state index is 4.71. The molecule has 0 saturated carbocycles. The minimum absolute atomic E-state index is 1.04. The lowest BCUT2D eigenvalue weighted by Gasteiger charge is -1.99. The van der Waals surface area contributed by atoms with Crippen LogP contribution in [0.3, 0.4) is 0 Å². The predicted octanol–water partition coefficient (Wildman–Crippen LogP) is 4.11. The molecule has 0 radical (unpaired) electrons. The van der Waals surface area contributed by atoms with Crippen LogP contribution < -0.4 is 0 Å². The number of pyridine rings is 1. The van der Waals surface area contributed by atoms with Crippen LogP contribution in [0.5, 0.6) is 0 Å². The largest absolute Gasteiger partial charge is 0.251 e. The predicted molar refractivity (Wildman–Crippen MR) is 73.7 cm³/mol. The van der Waals surface area contributed by atoms with Crippen LogP contribution in [0.2, 0.25) is 0 Å². The van der Waals surface area contributed by atoms with Crippen LogP contribution in [-0.4, -0.2) is 9.97 Å². The summed E-state index contributed by atoms with van der Waals surface area (Å²) in [6, 6.07) is 8.31. The number of aryl methyl sites for hydroxylation is 2. The molecule has 2 nitrogen and oxygen atoms in total. The van der Waals surface area contributed by atoms with Crippen molar-refractivity contribution in [1.29, 1.82) is 0 Å². The molecule has 0 saturated heterocycles. The first-order valence-electron chi connectivity index (χ1n) is 5.94. The van der Waals surface area contributed by atoms with Gasteiger partial charge in [-0.2, -0.15) is 0 Å². The number of hydrogen-bond acceptors (Lipinski definition) is 3. The average Bonchev–Trinajstić information content (AvgIpc) is 2.74. The summed E-state index contributed by atoms with van der Waals surface area (Å²) in [5, 5.41) is 2.46. The van der Waals surface area contributed by atoms with Gasteiger partial charge in [0, 0.05) is 5.39 Å². The molecule has 0 aliphatic rings. The van der Waals surface area contributed by atoms with E-state index in [4.69, 9.17) is 4.98 Å². The van der Waals surface area contributed by atoms with Gasteiger partial charge in [0.1, 0.15) is 5.52 Å². The van der Waals surface area contributed by atoms with Gasteiger partial charge >= 0.3 is 0 Å². The summed E-state index contributed by atoms with van der Waals surface area (Å²) in [7, 11) is 0. The molecule has 0 unspecified atom stereocenters. The van der Waals surface area contributed by atoms with Crippen molar-refractivity contribution in [3.05, 3.63) is 35.0 Å². The molecule has 86 valence electrons. The van der Waals surface area contributed by atoms with Gasteiger partial charge in [-0.25, -0.2) is 4.98 Å². The van der Waals surface area contributed by atoms with Gasteiger partial charge in [-0.3, -0.25) is 4.98 Å². The molecule has 3 heteroatoms. The number of thiazole rings is 1. The summed E-state index contributed by atoms with van der Waals surface area (Å²) >= 11 is 1.81. The SMILES string of the molecule is CCCc1nc2c(C)nc3ccccc3c2s1. The summed E-state index contributed by atoms with van der Waals surface area (Å²) in [6.07, 6.45) is 2.21. The molecular formula is C14H14N2S. The molecule has 0 fully saturated rings. The van der Waals surface area contributed by atoms with Crippen molar-refractivity contribution in [2.45, 2.75) is 26.7 Å². The number of benzene rings is 1. The van der Waals surface area contributed by atoms with E-state index in [1.807, 2.05) is 24.3 Å². The molecule has 0 aliphatic carbocycles. The highest BCUT2D eigenvalue weighted by Gasteiger charge is 2.10. The highest BCUT2D eigenvalue weighted by Crippen LogP contribution is 2.31. The second kappa shape index (κ2) is 4.08. The maximum atomic E-state index is 4.71. The highest BCUT2D eigenvalue weighted by molar-refractivity contribution is 7.19. The van der Waals surface area contributed by atoms with Gasteiger partial charge in [0.25, 0.3) is 0 Å². The normalized spacial score (nSPS) is 11.4. The smallest absolute Gasteiger partial charge is 0.103 e. The molecule has 1 aromatic carbocycles. The van der Waals surface area contributed by atoms with Gasteiger partial charge in [0.2, 0.25) is 0 Å². The fourth-order valence-corrected chi connectivity index (χ4v) is 3.36. The topological polar surface area (TPSA) is 25.8 Å². The molecule has 0 bridgehead atoms. The van der Waals surface area contributed by atoms with E-state index in [0.717, 1.165) is 29.6 Å². The Hall–Kier alpha value is -1.48. The molecule has 0 atom stereocenters. The lowest BCUT2D eigenvalue weighted by atomic mass is 10.2. The van der Waals surface area contributed by atoms with Crippen LogP contribution >= 0.6 is 11.3 Å². The van der Waals surface area contributed by atoms with Gasteiger partial charge in [-0.1, -0.05) is 25.1 Å². The Morgan fingerprint density at radius 3 is 2.82 bits per heavy atom. The molecule has 2 aromatic heterocycles. The van der Waals surface area contributed by atoms with E-state index in [1.54, 1.807) is 0 Å². The molecule has 3 aromatic rings. The van der Waals surface area contributed by atoms with Crippen molar-refractivity contribution in [2.75, 3.05) is 0 Å². The quantitative estimate of drug-likeness (QED) is 0.676. The van der Waals surface area contributed by atoms with Crippen molar-refractivity contribution in [3.8, 4) is 0 Å². The first kappa shape index (κ1) is 10.7. The van der Waals surface area contributed by atoms with Crippen molar-refractivity contribution in [1.82, 2.24) is 9.97 Å². The first-order valence-corrected chi connectivity index (χ1v) is 6.76. The lowest BCUT2D eigenvalue weighted by Crippen LogP contribution is -1.86. The van der Waals surface area contributed by atoms with E-state index in [9.17, 15) is 0 Å². The molecule has 17 heavy (non-hydrogen) atoms. The van der Waals surface area contributed by atoms with Crippen molar-refractivity contribution in [3.63, 3.8) is 0 Å². The molecule has 0 spiro atoms. The molecule has 3 rings (SSSR count). The van der Waals surface area contributed by atoms with E-state index in [0.29, 0.717) is 0 Å². The van der Waals surface area contributed by atoms with Crippen molar-refractivity contribution in [2.24, 2.45) is 0 Å². The van der Waals surface area contributed by atoms with Gasteiger partial charge < -0.3 is 0 Å². The van der Waals surface area contributed by atoms with E-state index in [-0.39, 0.29) is 0 Å². The van der Waals surface area contributed by atoms with Gasteiger partial charge in [-0.05, 0) is 25.8 Å². The van der Waals surface area contributed by atoms with Crippen molar-refractivity contribution >= 4 is 32.5 Å². The Labute approximate surface area is 104 Å². The fourth-order valence-electron chi connectivity index (χ4n) is 2.11. The standard InChI is InChI=1S/C14H14N2S/c1-3-6-12-16-13-9(2)15-11-8-5-4-7-10(11)14(13)17-12/h4-5,7-8H,3,6H2,1-2H3. The minimum Gasteiger partial charge on any atom is -0.251 e. The Kier molecular flexibility index (Phi) is 2.56. The first-order chi connectivity index (χ1) is 8.29. The molecule has 0 aliphatic heterocycles. The summed E-state index contributed by atoms with van der Waals surface area (Å²) in [6.45, 7) is 4.24. The van der Waals surface area contributed by atoms with Gasteiger partial charge in [0.15, 0.2) is 0 Å². The molecule has 0 amide bonds. The number of rotatable bonds is 2. The highest BCUT2D eigenvalue weighted by atomic mass is 32.1. The minimum atomic E-state index is 1.04. The summed E-state index contributed by atoms with van der Waals surface area (Å²) in [4.78, 5) is 9.33. The zero-order valence-corrected chi connectivity index (χ0v) is 10.8. The molecule has 2 heterocycles. The van der Waals surface area contributed by atoms with Crippen molar-refractivity contribution < 1.29 is 0 Å². The van der Waals surface area contributed by atoms with Crippen LogP contribution in [0.1, 0.15) is 24.0 Å². The number of hydrogen-bond donors (Lipinski definition) is 0. The second-order valence-electron chi connectivity index (χ2n) is 4.25. The van der Waals surface area contributed by atoms with Gasteiger partial charge in [0.05, 0.1) is 20.9 Å². The Bertz CT molecular complexity index is 685. The van der Waals surface area contributed by atoms with Crippen LogP contribution in [0.4, 0.5) is 0 Å². The summed E-state index contributed by atoms with van der Waals surface area (Å²) in [5.41, 5.74) is 3.19. The number of fused-ring (bicyclic) bond motifs is 3. The van der Waals surface area contributed by atoms with Gasteiger partial charge in [-0.15, -0.1) is 11.3 Å². The fraction of sp³-hybridized carbons (Fsp3) is 0.286. The number of nitrogens with zero attached hydrogens (tertiary/aromatic N) is 2. The third kappa shape index (κ3) is 1.71. The Balaban J connectivity index is 2.39. The third-order valence-corrected chi connectivity index (χ3v) is 4.06. The van der Waals surface area contributed by atoms with Crippen LogP contribution in [0, 0.1) is 6.92 Å². The molecule has 0 N–H and O–H groups in total. The number of aromatic nitrogens is 2. The van der Waals surface area contributed by atoms with Crippen LogP contribution in [-0.2, 0) is 6.42 Å². The lowest BCUT2D eigenvalue weighted by molar-refractivity contribution is 0.912.